The quantitative estimate of drug-likeness (QED) is 0.763. The number of hydrogen-bond donors (Lipinski definition) is 1. The Morgan fingerprint density at radius 3 is 2.60 bits per heavy atom. The molecule has 1 aliphatic carbocycles. The minimum Gasteiger partial charge on any atom is -0.467 e. The van der Waals surface area contributed by atoms with Gasteiger partial charge in [-0.15, -0.1) is 0 Å². The van der Waals surface area contributed by atoms with Gasteiger partial charge >= 0.3 is 11.9 Å². The summed E-state index contributed by atoms with van der Waals surface area (Å²) in [5.74, 6) is -1.65. The summed E-state index contributed by atoms with van der Waals surface area (Å²) in [5, 5.41) is 2.58. The molecule has 6 nitrogen and oxygen atoms in total. The van der Waals surface area contributed by atoms with E-state index in [9.17, 15) is 14.4 Å². The summed E-state index contributed by atoms with van der Waals surface area (Å²) in [6.07, 6.45) is 3.81. The van der Waals surface area contributed by atoms with Gasteiger partial charge < -0.3 is 14.8 Å². The van der Waals surface area contributed by atoms with Crippen LogP contribution < -0.4 is 5.32 Å². The smallest absolute Gasteiger partial charge is 0.338 e. The second-order valence-corrected chi connectivity index (χ2v) is 6.37. The number of aryl methyl sites for hydroxylation is 2. The van der Waals surface area contributed by atoms with Gasteiger partial charge in [0, 0.05) is 0 Å². The normalized spacial score (nSPS) is 15.0. The van der Waals surface area contributed by atoms with Crippen molar-refractivity contribution in [3.63, 3.8) is 0 Å². The summed E-state index contributed by atoms with van der Waals surface area (Å²) >= 11 is 0. The molecule has 25 heavy (non-hydrogen) atoms. The minimum absolute atomic E-state index is 0.0798. The number of esters is 2. The fourth-order valence-corrected chi connectivity index (χ4v) is 2.92. The molecular weight excluding hydrogens is 322 g/mol. The van der Waals surface area contributed by atoms with Crippen LogP contribution in [0.3, 0.4) is 0 Å². The number of amides is 1. The van der Waals surface area contributed by atoms with E-state index < -0.39 is 30.5 Å². The third kappa shape index (κ3) is 4.81. The summed E-state index contributed by atoms with van der Waals surface area (Å²) in [5.41, 5.74) is 2.88. The van der Waals surface area contributed by atoms with E-state index >= 15 is 0 Å². The van der Waals surface area contributed by atoms with E-state index in [4.69, 9.17) is 9.47 Å². The molecule has 6 heteroatoms. The van der Waals surface area contributed by atoms with Crippen LogP contribution in [0, 0.1) is 5.92 Å². The van der Waals surface area contributed by atoms with Crippen molar-refractivity contribution in [3.8, 4) is 0 Å². The number of benzene rings is 1. The summed E-state index contributed by atoms with van der Waals surface area (Å²) < 4.78 is 9.79. The van der Waals surface area contributed by atoms with E-state index in [2.05, 4.69) is 5.32 Å². The van der Waals surface area contributed by atoms with Gasteiger partial charge in [-0.1, -0.05) is 26.3 Å². The molecule has 0 aliphatic heterocycles. The average molecular weight is 347 g/mol. The molecule has 1 aliphatic rings. The lowest BCUT2D eigenvalue weighted by Crippen LogP contribution is -2.47. The standard InChI is InChI=1S/C19H25NO5/c1-4-12(2)17(19(23)24-3)20-16(21)11-25-18(22)15-9-8-13-6-5-7-14(13)10-15/h8-10,12,17H,4-7,11H2,1-3H3,(H,20,21)/t12-,17+/m0/s1. The first-order chi connectivity index (χ1) is 12.0. The Hall–Kier alpha value is -2.37. The topological polar surface area (TPSA) is 81.7 Å². The van der Waals surface area contributed by atoms with Gasteiger partial charge in [-0.2, -0.15) is 0 Å². The van der Waals surface area contributed by atoms with Crippen molar-refractivity contribution in [2.45, 2.75) is 45.6 Å². The highest BCUT2D eigenvalue weighted by Crippen LogP contribution is 2.23. The zero-order valence-electron chi connectivity index (χ0n) is 15.0. The first-order valence-electron chi connectivity index (χ1n) is 8.62. The van der Waals surface area contributed by atoms with Crippen LogP contribution in [0.5, 0.6) is 0 Å². The minimum atomic E-state index is -0.749. The Morgan fingerprint density at radius 1 is 1.20 bits per heavy atom. The molecule has 1 N–H and O–H groups in total. The maximum absolute atomic E-state index is 12.1. The van der Waals surface area contributed by atoms with E-state index in [-0.39, 0.29) is 5.92 Å². The van der Waals surface area contributed by atoms with Crippen molar-refractivity contribution in [2.24, 2.45) is 5.92 Å². The summed E-state index contributed by atoms with van der Waals surface area (Å²) in [6.45, 7) is 3.33. The van der Waals surface area contributed by atoms with E-state index in [1.165, 1.54) is 18.2 Å². The second kappa shape index (κ2) is 8.65. The zero-order chi connectivity index (χ0) is 18.4. The summed E-state index contributed by atoms with van der Waals surface area (Å²) in [7, 11) is 1.28. The maximum Gasteiger partial charge on any atom is 0.338 e. The molecule has 0 fully saturated rings. The molecule has 0 heterocycles. The first-order valence-corrected chi connectivity index (χ1v) is 8.62. The zero-order valence-corrected chi connectivity index (χ0v) is 15.0. The molecule has 1 aromatic carbocycles. The lowest BCUT2D eigenvalue weighted by atomic mass is 9.99. The van der Waals surface area contributed by atoms with Gasteiger partial charge in [0.1, 0.15) is 6.04 Å². The predicted octanol–water partition coefficient (Wildman–Crippen LogP) is 2.04. The SMILES string of the molecule is CC[C@H](C)[C@@H](NC(=O)COC(=O)c1ccc2c(c1)CCC2)C(=O)OC. The van der Waals surface area contributed by atoms with Crippen LogP contribution >= 0.6 is 0 Å². The molecule has 0 unspecified atom stereocenters. The summed E-state index contributed by atoms with van der Waals surface area (Å²) in [4.78, 5) is 35.9. The van der Waals surface area contributed by atoms with Gasteiger partial charge in [-0.3, -0.25) is 4.79 Å². The number of methoxy groups -OCH3 is 1. The lowest BCUT2D eigenvalue weighted by molar-refractivity contribution is -0.147. The number of carbonyl (C=O) groups is 3. The van der Waals surface area contributed by atoms with E-state index in [1.54, 1.807) is 6.07 Å². The fourth-order valence-electron chi connectivity index (χ4n) is 2.92. The Kier molecular flexibility index (Phi) is 6.56. The number of carbonyl (C=O) groups excluding carboxylic acids is 3. The van der Waals surface area contributed by atoms with Crippen LogP contribution in [-0.2, 0) is 31.9 Å². The monoisotopic (exact) mass is 347 g/mol. The van der Waals surface area contributed by atoms with E-state index in [1.807, 2.05) is 26.0 Å². The first kappa shape index (κ1) is 19.0. The van der Waals surface area contributed by atoms with Crippen LogP contribution in [-0.4, -0.2) is 37.6 Å². The Morgan fingerprint density at radius 2 is 1.92 bits per heavy atom. The third-order valence-corrected chi connectivity index (χ3v) is 4.65. The predicted molar refractivity (Wildman–Crippen MR) is 92.2 cm³/mol. The number of nitrogens with one attached hydrogen (secondary N) is 1. The van der Waals surface area contributed by atoms with E-state index in [0.29, 0.717) is 12.0 Å². The van der Waals surface area contributed by atoms with Gasteiger partial charge in [0.05, 0.1) is 12.7 Å². The highest BCUT2D eigenvalue weighted by atomic mass is 16.5. The Labute approximate surface area is 147 Å². The van der Waals surface area contributed by atoms with Gasteiger partial charge in [0.2, 0.25) is 0 Å². The molecule has 0 radical (unpaired) electrons. The van der Waals surface area contributed by atoms with Crippen molar-refractivity contribution in [1.82, 2.24) is 5.32 Å². The molecule has 1 aromatic rings. The molecule has 1 amide bonds. The van der Waals surface area contributed by atoms with Crippen molar-refractivity contribution in [1.29, 1.82) is 0 Å². The van der Waals surface area contributed by atoms with Crippen LogP contribution in [0.25, 0.3) is 0 Å². The maximum atomic E-state index is 12.1. The molecule has 0 aromatic heterocycles. The Bertz CT molecular complexity index is 655. The molecule has 0 saturated heterocycles. The van der Waals surface area contributed by atoms with Crippen molar-refractivity contribution in [2.75, 3.05) is 13.7 Å². The van der Waals surface area contributed by atoms with Crippen molar-refractivity contribution >= 4 is 17.8 Å². The fraction of sp³-hybridized carbons (Fsp3) is 0.526. The highest BCUT2D eigenvalue weighted by Gasteiger charge is 2.27. The van der Waals surface area contributed by atoms with Crippen LogP contribution in [0.1, 0.15) is 48.2 Å². The molecule has 2 rings (SSSR count). The Balaban J connectivity index is 1.90. The largest absolute Gasteiger partial charge is 0.467 e. The van der Waals surface area contributed by atoms with Gasteiger partial charge in [0.25, 0.3) is 5.91 Å². The molecule has 0 spiro atoms. The summed E-state index contributed by atoms with van der Waals surface area (Å²) in [6, 6.07) is 4.75. The lowest BCUT2D eigenvalue weighted by Gasteiger charge is -2.21. The van der Waals surface area contributed by atoms with Crippen LogP contribution in [0.15, 0.2) is 18.2 Å². The average Bonchev–Trinajstić information content (AvgIpc) is 3.10. The number of ether oxygens (including phenoxy) is 2. The molecule has 0 saturated carbocycles. The van der Waals surface area contributed by atoms with Gasteiger partial charge in [-0.05, 0) is 48.4 Å². The molecular formula is C19H25NO5. The highest BCUT2D eigenvalue weighted by molar-refractivity contribution is 5.92. The second-order valence-electron chi connectivity index (χ2n) is 6.37. The third-order valence-electron chi connectivity index (χ3n) is 4.65. The van der Waals surface area contributed by atoms with Crippen LogP contribution in [0.4, 0.5) is 0 Å². The van der Waals surface area contributed by atoms with Crippen LogP contribution in [0.2, 0.25) is 0 Å². The van der Waals surface area contributed by atoms with Gasteiger partial charge in [-0.25, -0.2) is 9.59 Å². The molecule has 0 bridgehead atoms. The number of hydrogen-bond acceptors (Lipinski definition) is 5. The van der Waals surface area contributed by atoms with Gasteiger partial charge in [0.15, 0.2) is 6.61 Å². The van der Waals surface area contributed by atoms with Crippen molar-refractivity contribution in [3.05, 3.63) is 34.9 Å². The number of rotatable bonds is 7. The van der Waals surface area contributed by atoms with E-state index in [0.717, 1.165) is 19.3 Å². The molecule has 136 valence electrons. The molecule has 2 atom stereocenters. The van der Waals surface area contributed by atoms with Crippen molar-refractivity contribution < 1.29 is 23.9 Å². The number of fused-ring (bicyclic) bond motifs is 1.